The van der Waals surface area contributed by atoms with Gasteiger partial charge in [0, 0.05) is 33.2 Å². The van der Waals surface area contributed by atoms with Gasteiger partial charge in [0.05, 0.1) is 57.6 Å². The summed E-state index contributed by atoms with van der Waals surface area (Å²) in [6.45, 7) is 22.5. The summed E-state index contributed by atoms with van der Waals surface area (Å²) >= 11 is 0. The van der Waals surface area contributed by atoms with Crippen LogP contribution in [0.2, 0.25) is 43.8 Å². The van der Waals surface area contributed by atoms with Crippen molar-refractivity contribution in [1.82, 2.24) is 10.6 Å². The minimum atomic E-state index is -2.98. The van der Waals surface area contributed by atoms with Crippen LogP contribution in [0.3, 0.4) is 0 Å². The molecule has 0 radical (unpaired) electrons. The molecule has 19 nitrogen and oxygen atoms in total. The molecule has 0 fully saturated rings. The number of benzene rings is 3. The Kier molecular flexibility index (Phi) is 22.2. The maximum absolute atomic E-state index is 15.8. The highest BCUT2D eigenvalue weighted by Crippen LogP contribution is 2.44. The molecule has 0 aliphatic rings. The number of amides is 2. The monoisotopic (exact) mass is 1050 g/mol. The lowest BCUT2D eigenvalue weighted by molar-refractivity contribution is -0.387. The molecular weight excluding hydrogens is 974 g/mol. The van der Waals surface area contributed by atoms with Crippen molar-refractivity contribution in [2.45, 2.75) is 128 Å². The molecule has 22 heteroatoms. The number of carbonyl (C=O) groups is 4. The third-order valence-corrected chi connectivity index (χ3v) is 17.9. The number of nitrogens with one attached hydrogen (secondary N) is 2. The molecule has 0 spiro atoms. The molecule has 0 bridgehead atoms. The summed E-state index contributed by atoms with van der Waals surface area (Å²) < 4.78 is 67.7. The quantitative estimate of drug-likeness (QED) is 0.0212. The second-order valence-electron chi connectivity index (χ2n) is 20.9. The zero-order valence-electron chi connectivity index (χ0n) is 44.3. The van der Waals surface area contributed by atoms with Gasteiger partial charge < -0.3 is 58.1 Å². The molecule has 3 aromatic carbocycles. The van der Waals surface area contributed by atoms with E-state index < -0.39 is 91.5 Å². The van der Waals surface area contributed by atoms with Gasteiger partial charge in [-0.05, 0) is 98.9 Å². The number of halogens is 1. The molecule has 400 valence electrons. The van der Waals surface area contributed by atoms with Gasteiger partial charge in [0.15, 0.2) is 25.6 Å². The highest BCUT2D eigenvalue weighted by atomic mass is 28.4. The van der Waals surface area contributed by atoms with Crippen molar-refractivity contribution >= 4 is 46.0 Å². The molecule has 0 heterocycles. The first-order valence-corrected chi connectivity index (χ1v) is 30.0. The fourth-order valence-electron chi connectivity index (χ4n) is 6.70. The summed E-state index contributed by atoms with van der Waals surface area (Å²) in [5, 5.41) is 26.9. The van der Waals surface area contributed by atoms with Crippen LogP contribution in [0, 0.1) is 22.9 Å². The van der Waals surface area contributed by atoms with Crippen LogP contribution in [0.1, 0.15) is 75.8 Å². The molecule has 3 aromatic rings. The normalized spacial score (nSPS) is 13.8. The average molecular weight is 1050 g/mol. The topological polar surface area (TPSA) is 239 Å². The lowest BCUT2D eigenvalue weighted by Gasteiger charge is -2.41. The van der Waals surface area contributed by atoms with E-state index in [9.17, 15) is 29.6 Å². The molecule has 72 heavy (non-hydrogen) atoms. The van der Waals surface area contributed by atoms with E-state index in [-0.39, 0.29) is 73.8 Å². The van der Waals surface area contributed by atoms with Crippen LogP contribution in [0.25, 0.3) is 0 Å². The van der Waals surface area contributed by atoms with Gasteiger partial charge in [-0.15, -0.1) is 0 Å². The molecule has 0 saturated heterocycles. The number of nitrogens with zero attached hydrogens (tertiary/aromatic N) is 1. The summed E-state index contributed by atoms with van der Waals surface area (Å²) in [5.41, 5.74) is -0.540. The van der Waals surface area contributed by atoms with E-state index >= 15 is 9.18 Å². The lowest BCUT2D eigenvalue weighted by atomic mass is 9.86. The molecule has 0 aromatic heterocycles. The summed E-state index contributed by atoms with van der Waals surface area (Å²) in [6, 6.07) is 8.67. The van der Waals surface area contributed by atoms with Crippen LogP contribution >= 0.6 is 0 Å². The van der Waals surface area contributed by atoms with Gasteiger partial charge >= 0.3 is 23.8 Å². The van der Waals surface area contributed by atoms with Crippen LogP contribution in [0.4, 0.5) is 19.7 Å². The number of nitro groups is 1. The number of ether oxygens (including phenoxy) is 8. The zero-order valence-corrected chi connectivity index (χ0v) is 46.3. The number of carboxylic acids is 1. The van der Waals surface area contributed by atoms with Crippen molar-refractivity contribution in [3.63, 3.8) is 0 Å². The molecule has 1 unspecified atom stereocenters. The summed E-state index contributed by atoms with van der Waals surface area (Å²) in [6.07, 6.45) is -3.49. The van der Waals surface area contributed by atoms with Gasteiger partial charge in [-0.1, -0.05) is 52.5 Å². The van der Waals surface area contributed by atoms with E-state index in [0.717, 1.165) is 12.1 Å². The highest BCUT2D eigenvalue weighted by molar-refractivity contribution is 6.76. The Morgan fingerprint density at radius 3 is 2.01 bits per heavy atom. The van der Waals surface area contributed by atoms with Crippen molar-refractivity contribution in [1.29, 1.82) is 0 Å². The second kappa shape index (κ2) is 26.3. The molecule has 2 amide bonds. The van der Waals surface area contributed by atoms with Crippen molar-refractivity contribution in [3.8, 4) is 23.0 Å². The van der Waals surface area contributed by atoms with E-state index in [1.807, 2.05) is 33.9 Å². The Balaban J connectivity index is 2.32. The number of nitro benzene ring substituents is 1. The van der Waals surface area contributed by atoms with Gasteiger partial charge in [-0.2, -0.15) is 4.39 Å². The highest BCUT2D eigenvalue weighted by Gasteiger charge is 2.45. The maximum Gasteiger partial charge on any atom is 0.408 e. The third kappa shape index (κ3) is 18.4. The number of ketones is 1. The third-order valence-electron chi connectivity index (χ3n) is 11.8. The Morgan fingerprint density at radius 2 is 1.44 bits per heavy atom. The zero-order chi connectivity index (χ0) is 54.4. The van der Waals surface area contributed by atoms with Crippen LogP contribution in [-0.4, -0.2) is 123 Å². The molecule has 3 rings (SSSR count). The smallest absolute Gasteiger partial charge is 0.408 e. The van der Waals surface area contributed by atoms with E-state index in [1.165, 1.54) is 27.4 Å². The molecule has 3 N–H and O–H groups in total. The van der Waals surface area contributed by atoms with Gasteiger partial charge in [-0.25, -0.2) is 14.4 Å². The van der Waals surface area contributed by atoms with Crippen molar-refractivity contribution in [2.75, 3.05) is 54.5 Å². The number of carboxylic acid groups (broad SMARTS) is 1. The number of rotatable bonds is 27. The average Bonchev–Trinajstić information content (AvgIpc) is 3.26. The SMILES string of the molecule is COCCOCOC[C@@H](C(=O)C(NC(=O)OCC[Si](C)(C)C)[C@H](O[Si](C)(C)C(C)(C)C)c1ccc(F)c([N+](=O)[O-])c1)c1cc(OC)c(C)c(Oc2cc(C[C@@H](NC(=O)OC(C)(C)C)C(=O)O)ccc2OC)c1. The van der Waals surface area contributed by atoms with Gasteiger partial charge in [0.1, 0.15) is 36.0 Å². The summed E-state index contributed by atoms with van der Waals surface area (Å²) in [5.74, 6) is -3.62. The predicted octanol–water partition coefficient (Wildman–Crippen LogP) is 9.86. The van der Waals surface area contributed by atoms with Crippen LogP contribution in [-0.2, 0) is 44.1 Å². The number of methoxy groups -OCH3 is 3. The number of hydrogen-bond donors (Lipinski definition) is 3. The van der Waals surface area contributed by atoms with Crippen LogP contribution in [0.5, 0.6) is 23.0 Å². The van der Waals surface area contributed by atoms with Crippen molar-refractivity contribution in [3.05, 3.63) is 86.7 Å². The Morgan fingerprint density at radius 1 is 0.792 bits per heavy atom. The van der Waals surface area contributed by atoms with Crippen molar-refractivity contribution < 1.29 is 75.9 Å². The first-order chi connectivity index (χ1) is 33.4. The fourth-order valence-corrected chi connectivity index (χ4v) is 8.68. The molecule has 4 atom stereocenters. The van der Waals surface area contributed by atoms with Crippen molar-refractivity contribution in [2.24, 2.45) is 0 Å². The predicted molar refractivity (Wildman–Crippen MR) is 272 cm³/mol. The minimum absolute atomic E-state index is 0.0418. The van der Waals surface area contributed by atoms with Crippen LogP contribution < -0.4 is 24.8 Å². The number of carbonyl (C=O) groups excluding carboxylic acids is 3. The number of alkyl carbamates (subject to hydrolysis) is 2. The van der Waals surface area contributed by atoms with E-state index in [0.29, 0.717) is 17.2 Å². The first kappa shape index (κ1) is 60.6. The lowest BCUT2D eigenvalue weighted by Crippen LogP contribution is -2.52. The molecule has 0 aliphatic carbocycles. The van der Waals surface area contributed by atoms with Crippen LogP contribution in [0.15, 0.2) is 48.5 Å². The molecule has 0 saturated carbocycles. The number of aliphatic carboxylic acids is 1. The van der Waals surface area contributed by atoms with E-state index in [4.69, 9.17) is 42.3 Å². The summed E-state index contributed by atoms with van der Waals surface area (Å²) in [4.78, 5) is 65.9. The first-order valence-electron chi connectivity index (χ1n) is 23.4. The van der Waals surface area contributed by atoms with Gasteiger partial charge in [0.2, 0.25) is 5.82 Å². The van der Waals surface area contributed by atoms with Gasteiger partial charge in [0.25, 0.3) is 0 Å². The fraction of sp³-hybridized carbons (Fsp3) is 0.560. The minimum Gasteiger partial charge on any atom is -0.496 e. The molecule has 0 aliphatic heterocycles. The number of hydrogen-bond acceptors (Lipinski definition) is 15. The summed E-state index contributed by atoms with van der Waals surface area (Å²) in [7, 11) is -0.344. The standard InChI is InChI=1S/C50H74FN3O16Si2/c1-31-40(64-10)27-34(28-41(31)68-42-25-32(16-19-39(42)63-9)24-37(46(56)57)52-48(59)69-49(2,3)4)35(29-66-30-65-21-20-62-8)44(55)43(53-47(58)67-22-23-71(11,12)13)45(70-72(14,15)50(5,6)7)33-17-18-36(51)38(26-33)54(60)61/h16-19,25-28,35,37,43,45H,20-24,29-30H2,1-15H3,(H,52,59)(H,53,58)(H,56,57)/t35-,37-,43?,45-/m1/s1. The number of Topliss-reactive ketones (excluding diaryl/α,β-unsaturated/α-hetero) is 1. The second-order valence-corrected chi connectivity index (χ2v) is 31.2. The largest absolute Gasteiger partial charge is 0.496 e. The maximum atomic E-state index is 15.8. The van der Waals surface area contributed by atoms with E-state index in [2.05, 4.69) is 30.3 Å². The Labute approximate surface area is 423 Å². The van der Waals surface area contributed by atoms with E-state index in [1.54, 1.807) is 58.0 Å². The van der Waals surface area contributed by atoms with Gasteiger partial charge in [-0.3, -0.25) is 14.9 Å². The Bertz CT molecular complexity index is 2350. The Hall–Kier alpha value is -5.66. The molecular formula is C50H74FN3O16Si2.